The molecule has 0 bridgehead atoms. The quantitative estimate of drug-likeness (QED) is 0.264. The summed E-state index contributed by atoms with van der Waals surface area (Å²) >= 11 is 6.11. The van der Waals surface area contributed by atoms with E-state index in [9.17, 15) is 0 Å². The highest BCUT2D eigenvalue weighted by Crippen LogP contribution is 2.22. The van der Waals surface area contributed by atoms with Crippen LogP contribution in [-0.4, -0.2) is 45.8 Å². The molecule has 1 aromatic carbocycles. The van der Waals surface area contributed by atoms with Crippen LogP contribution in [0.25, 0.3) is 10.9 Å². The second-order valence-corrected chi connectivity index (χ2v) is 6.41. The number of guanidine groups is 1. The maximum atomic E-state index is 6.11. The standard InChI is InChI=1S/C18H24ClN7.HI/c1-3-17-25-24-12-26(17)9-8-22-18(20-2)21-7-6-13-11-23-16-5-4-14(19)10-15(13)16;/h4-5,10-12,23H,3,6-9H2,1-2H3,(H2,20,21,22);1H. The van der Waals surface area contributed by atoms with Crippen molar-refractivity contribution in [2.24, 2.45) is 4.99 Å². The van der Waals surface area contributed by atoms with Crippen LogP contribution in [0.2, 0.25) is 5.02 Å². The van der Waals surface area contributed by atoms with Crippen LogP contribution in [0.1, 0.15) is 18.3 Å². The summed E-state index contributed by atoms with van der Waals surface area (Å²) in [4.78, 5) is 7.55. The van der Waals surface area contributed by atoms with Gasteiger partial charge in [0.15, 0.2) is 5.96 Å². The number of halogens is 2. The van der Waals surface area contributed by atoms with E-state index in [0.717, 1.165) is 54.8 Å². The molecule has 0 amide bonds. The van der Waals surface area contributed by atoms with Gasteiger partial charge in [0.2, 0.25) is 0 Å². The molecule has 9 heteroatoms. The number of nitrogens with one attached hydrogen (secondary N) is 3. The third-order valence-corrected chi connectivity index (χ3v) is 4.53. The molecule has 0 aliphatic heterocycles. The maximum Gasteiger partial charge on any atom is 0.191 e. The minimum absolute atomic E-state index is 0. The van der Waals surface area contributed by atoms with Gasteiger partial charge in [-0.2, -0.15) is 0 Å². The van der Waals surface area contributed by atoms with Crippen LogP contribution < -0.4 is 10.6 Å². The number of benzene rings is 1. The summed E-state index contributed by atoms with van der Waals surface area (Å²) in [6.45, 7) is 4.42. The summed E-state index contributed by atoms with van der Waals surface area (Å²) in [5.74, 6) is 1.78. The molecule has 0 aliphatic rings. The Hall–Kier alpha value is -1.81. The lowest BCUT2D eigenvalue weighted by Gasteiger charge is -2.12. The number of nitrogens with zero attached hydrogens (tertiary/aromatic N) is 4. The van der Waals surface area contributed by atoms with Crippen molar-refractivity contribution < 1.29 is 0 Å². The second kappa shape index (κ2) is 10.5. The van der Waals surface area contributed by atoms with Gasteiger partial charge in [0.05, 0.1) is 0 Å². The molecule has 0 radical (unpaired) electrons. The van der Waals surface area contributed by atoms with Gasteiger partial charge >= 0.3 is 0 Å². The lowest BCUT2D eigenvalue weighted by atomic mass is 10.1. The monoisotopic (exact) mass is 501 g/mol. The van der Waals surface area contributed by atoms with Crippen LogP contribution in [0.4, 0.5) is 0 Å². The molecule has 2 aromatic heterocycles. The maximum absolute atomic E-state index is 6.11. The molecule has 3 rings (SSSR count). The van der Waals surface area contributed by atoms with Crippen molar-refractivity contribution in [2.75, 3.05) is 20.1 Å². The Labute approximate surface area is 181 Å². The van der Waals surface area contributed by atoms with E-state index in [2.05, 4.69) is 42.3 Å². The summed E-state index contributed by atoms with van der Waals surface area (Å²) in [6, 6.07) is 5.90. The first-order chi connectivity index (χ1) is 12.7. The minimum atomic E-state index is 0. The largest absolute Gasteiger partial charge is 0.361 e. The van der Waals surface area contributed by atoms with Gasteiger partial charge in [0.1, 0.15) is 12.2 Å². The number of hydrogen-bond acceptors (Lipinski definition) is 3. The fourth-order valence-corrected chi connectivity index (χ4v) is 3.10. The lowest BCUT2D eigenvalue weighted by molar-refractivity contribution is 0.632. The molecule has 2 heterocycles. The topological polar surface area (TPSA) is 82.9 Å². The smallest absolute Gasteiger partial charge is 0.191 e. The van der Waals surface area contributed by atoms with Gasteiger partial charge in [-0.05, 0) is 30.2 Å². The van der Waals surface area contributed by atoms with E-state index in [1.807, 2.05) is 24.4 Å². The van der Waals surface area contributed by atoms with Gasteiger partial charge in [-0.15, -0.1) is 34.2 Å². The van der Waals surface area contributed by atoms with Gasteiger partial charge < -0.3 is 20.2 Å². The minimum Gasteiger partial charge on any atom is -0.361 e. The Bertz CT molecular complexity index is 887. The third-order valence-electron chi connectivity index (χ3n) is 4.30. The molecule has 0 aliphatic carbocycles. The number of aromatic amines is 1. The fourth-order valence-electron chi connectivity index (χ4n) is 2.93. The molecule has 3 N–H and O–H groups in total. The molecule has 146 valence electrons. The van der Waals surface area contributed by atoms with Crippen molar-refractivity contribution in [3.05, 3.63) is 47.1 Å². The predicted octanol–water partition coefficient (Wildman–Crippen LogP) is 3.00. The van der Waals surface area contributed by atoms with Crippen molar-refractivity contribution >= 4 is 52.4 Å². The molecule has 0 unspecified atom stereocenters. The zero-order chi connectivity index (χ0) is 18.4. The van der Waals surface area contributed by atoms with Crippen LogP contribution in [-0.2, 0) is 19.4 Å². The van der Waals surface area contributed by atoms with Crippen LogP contribution >= 0.6 is 35.6 Å². The van der Waals surface area contributed by atoms with E-state index in [0.29, 0.717) is 0 Å². The van der Waals surface area contributed by atoms with Crippen LogP contribution in [0.3, 0.4) is 0 Å². The summed E-state index contributed by atoms with van der Waals surface area (Å²) < 4.78 is 2.05. The van der Waals surface area contributed by atoms with Gasteiger partial charge in [-0.25, -0.2) is 0 Å². The van der Waals surface area contributed by atoms with Crippen LogP contribution in [0.15, 0.2) is 35.7 Å². The molecular weight excluding hydrogens is 477 g/mol. The Kier molecular flexibility index (Phi) is 8.36. The molecule has 0 spiro atoms. The van der Waals surface area contributed by atoms with Crippen molar-refractivity contribution in [1.82, 2.24) is 30.4 Å². The second-order valence-electron chi connectivity index (χ2n) is 5.97. The SMILES string of the molecule is CCc1nncn1CCNC(=NC)NCCc1c[nH]c2ccc(Cl)cc12.I. The van der Waals surface area contributed by atoms with E-state index < -0.39 is 0 Å². The van der Waals surface area contributed by atoms with Crippen LogP contribution in [0, 0.1) is 0 Å². The third kappa shape index (κ3) is 5.58. The van der Waals surface area contributed by atoms with Gasteiger partial charge in [-0.1, -0.05) is 18.5 Å². The van der Waals surface area contributed by atoms with Crippen molar-refractivity contribution in [3.8, 4) is 0 Å². The molecule has 0 saturated carbocycles. The number of rotatable bonds is 7. The van der Waals surface area contributed by atoms with E-state index in [4.69, 9.17) is 11.6 Å². The van der Waals surface area contributed by atoms with E-state index >= 15 is 0 Å². The van der Waals surface area contributed by atoms with E-state index in [1.165, 1.54) is 10.9 Å². The van der Waals surface area contributed by atoms with Crippen molar-refractivity contribution in [2.45, 2.75) is 26.3 Å². The summed E-state index contributed by atoms with van der Waals surface area (Å²) in [6.07, 6.45) is 5.56. The molecule has 0 atom stereocenters. The number of aliphatic imine (C=N–C) groups is 1. The molecule has 0 fully saturated rings. The number of hydrogen-bond donors (Lipinski definition) is 3. The lowest BCUT2D eigenvalue weighted by Crippen LogP contribution is -2.39. The van der Waals surface area contributed by atoms with Crippen molar-refractivity contribution in [1.29, 1.82) is 0 Å². The number of aromatic nitrogens is 4. The average molecular weight is 502 g/mol. The Balaban J connectivity index is 0.00000261. The molecule has 3 aromatic rings. The van der Waals surface area contributed by atoms with Gasteiger partial charge in [0, 0.05) is 55.2 Å². The highest BCUT2D eigenvalue weighted by Gasteiger charge is 2.05. The number of H-pyrrole nitrogens is 1. The normalized spacial score (nSPS) is 11.4. The first-order valence-electron chi connectivity index (χ1n) is 8.78. The van der Waals surface area contributed by atoms with E-state index in [-0.39, 0.29) is 24.0 Å². The number of aryl methyl sites for hydroxylation is 1. The molecule has 7 nitrogen and oxygen atoms in total. The van der Waals surface area contributed by atoms with Crippen molar-refractivity contribution in [3.63, 3.8) is 0 Å². The zero-order valence-corrected chi connectivity index (χ0v) is 18.6. The Morgan fingerprint density at radius 1 is 1.30 bits per heavy atom. The number of fused-ring (bicyclic) bond motifs is 1. The fraction of sp³-hybridized carbons (Fsp3) is 0.389. The Morgan fingerprint density at radius 3 is 2.89 bits per heavy atom. The average Bonchev–Trinajstić information content (AvgIpc) is 3.27. The van der Waals surface area contributed by atoms with Gasteiger partial charge in [0.25, 0.3) is 0 Å². The molecule has 0 saturated heterocycles. The van der Waals surface area contributed by atoms with E-state index in [1.54, 1.807) is 13.4 Å². The summed E-state index contributed by atoms with van der Waals surface area (Å²) in [5.41, 5.74) is 2.34. The molecular formula is C18H25ClIN7. The molecule has 27 heavy (non-hydrogen) atoms. The first kappa shape index (κ1) is 21.5. The van der Waals surface area contributed by atoms with Gasteiger partial charge in [-0.3, -0.25) is 4.99 Å². The highest BCUT2D eigenvalue weighted by molar-refractivity contribution is 14.0. The summed E-state index contributed by atoms with van der Waals surface area (Å²) in [7, 11) is 1.77. The van der Waals surface area contributed by atoms with Crippen LogP contribution in [0.5, 0.6) is 0 Å². The zero-order valence-electron chi connectivity index (χ0n) is 15.5. The predicted molar refractivity (Wildman–Crippen MR) is 121 cm³/mol. The Morgan fingerprint density at radius 2 is 2.11 bits per heavy atom. The summed E-state index contributed by atoms with van der Waals surface area (Å²) in [5, 5.41) is 16.6. The highest BCUT2D eigenvalue weighted by atomic mass is 127. The first-order valence-corrected chi connectivity index (χ1v) is 9.15.